The van der Waals surface area contributed by atoms with Crippen LogP contribution in [0.1, 0.15) is 70.3 Å². The first-order chi connectivity index (χ1) is 34.6. The molecular formula is C66H55N5. The zero-order valence-electron chi connectivity index (χ0n) is 40.9. The Morgan fingerprint density at radius 2 is 1.08 bits per heavy atom. The van der Waals surface area contributed by atoms with E-state index in [1.54, 1.807) is 0 Å². The number of rotatable bonds is 7. The summed E-state index contributed by atoms with van der Waals surface area (Å²) in [5.74, 6) is 2.63. The summed E-state index contributed by atoms with van der Waals surface area (Å²) in [4.78, 5) is 16.0. The van der Waals surface area contributed by atoms with Crippen LogP contribution in [0.3, 0.4) is 0 Å². The fraction of sp³-hybridized carbons (Fsp3) is 0.167. The van der Waals surface area contributed by atoms with Crippen molar-refractivity contribution in [2.24, 2.45) is 5.92 Å². The van der Waals surface area contributed by atoms with Gasteiger partial charge < -0.3 is 4.57 Å². The second-order valence-corrected chi connectivity index (χ2v) is 21.1. The predicted molar refractivity (Wildman–Crippen MR) is 296 cm³/mol. The van der Waals surface area contributed by atoms with Crippen LogP contribution < -0.4 is 0 Å². The van der Waals surface area contributed by atoms with E-state index in [1.807, 2.05) is 0 Å². The Morgan fingerprint density at radius 1 is 0.479 bits per heavy atom. The molecule has 3 heterocycles. The summed E-state index contributed by atoms with van der Waals surface area (Å²) >= 11 is 0. The summed E-state index contributed by atoms with van der Waals surface area (Å²) in [5, 5.41) is 4.72. The standard InChI is InChI=1S/C66H55N5/c1-42-41-65(2,3)61-51(32-19-33-56(61)66(42,4)5)48-27-16-25-46(36-48)47-26-18-29-50(38-47)70-57-34-14-12-30-52(57)54-39-55-53-31-13-15-35-58(53)71(60(55)40-59(54)70)64-68-62(44-22-10-7-11-23-44)67-63(69-64)49-28-17-24-45(37-49)43-20-8-6-9-21-43/h6-22,24-40,42,44H,23,41H2,1-5H3. The number of allylic oxidation sites excluding steroid dienone is 4. The number of hydrogen-bond donors (Lipinski definition) is 0. The molecule has 2 unspecified atom stereocenters. The molecule has 0 spiro atoms. The van der Waals surface area contributed by atoms with Gasteiger partial charge in [-0.1, -0.05) is 192 Å². The van der Waals surface area contributed by atoms with E-state index in [-0.39, 0.29) is 16.7 Å². The van der Waals surface area contributed by atoms with Crippen molar-refractivity contribution in [1.82, 2.24) is 24.1 Å². The van der Waals surface area contributed by atoms with Gasteiger partial charge in [-0.15, -0.1) is 0 Å². The first-order valence-electron chi connectivity index (χ1n) is 25.2. The summed E-state index contributed by atoms with van der Waals surface area (Å²) in [6, 6.07) is 66.6. The van der Waals surface area contributed by atoms with Crippen LogP contribution in [0.15, 0.2) is 206 Å². The highest BCUT2D eigenvalue weighted by Crippen LogP contribution is 2.52. The highest BCUT2D eigenvalue weighted by molar-refractivity contribution is 6.19. The smallest absolute Gasteiger partial charge is 0.238 e. The van der Waals surface area contributed by atoms with Crippen molar-refractivity contribution >= 4 is 43.6 Å². The average Bonchev–Trinajstić information content (AvgIpc) is 3.92. The third-order valence-electron chi connectivity index (χ3n) is 15.9. The molecule has 0 saturated heterocycles. The van der Waals surface area contributed by atoms with Crippen molar-refractivity contribution in [1.29, 1.82) is 0 Å². The second kappa shape index (κ2) is 16.5. The molecule has 344 valence electrons. The maximum Gasteiger partial charge on any atom is 0.238 e. The SMILES string of the molecule is CC1CC(C)(C)c2c(-c3cccc(-c4cccc(-n5c6ccccc6c6cc7c8ccccc8n(-c8nc(-c9cccc(-c%10ccccc%10)c9)nc(C9C=CC=CC9)n8)c7cc65)c4)c3)cccc2C1(C)C. The van der Waals surface area contributed by atoms with Crippen LogP contribution in [-0.4, -0.2) is 24.1 Å². The topological polar surface area (TPSA) is 48.5 Å². The summed E-state index contributed by atoms with van der Waals surface area (Å²) < 4.78 is 4.70. The molecule has 0 saturated carbocycles. The summed E-state index contributed by atoms with van der Waals surface area (Å²) in [5.41, 5.74) is 16.8. The lowest BCUT2D eigenvalue weighted by Crippen LogP contribution is -2.40. The molecule has 0 bridgehead atoms. The fourth-order valence-corrected chi connectivity index (χ4v) is 12.1. The Bertz CT molecular complexity index is 3970. The van der Waals surface area contributed by atoms with Gasteiger partial charge in [0.1, 0.15) is 5.82 Å². The lowest BCUT2D eigenvalue weighted by Gasteiger charge is -2.47. The summed E-state index contributed by atoms with van der Waals surface area (Å²) in [7, 11) is 0. The van der Waals surface area contributed by atoms with Gasteiger partial charge in [-0.25, -0.2) is 4.98 Å². The molecule has 3 aromatic heterocycles. The molecule has 13 rings (SSSR count). The Kier molecular flexibility index (Phi) is 9.97. The van der Waals surface area contributed by atoms with Gasteiger partial charge in [-0.2, -0.15) is 9.97 Å². The van der Waals surface area contributed by atoms with E-state index in [4.69, 9.17) is 15.0 Å². The Hall–Kier alpha value is -8.15. The number of aromatic nitrogens is 5. The highest BCUT2D eigenvalue weighted by atomic mass is 15.2. The van der Waals surface area contributed by atoms with Crippen molar-refractivity contribution in [3.8, 4) is 56.4 Å². The van der Waals surface area contributed by atoms with E-state index in [2.05, 4.69) is 250 Å². The van der Waals surface area contributed by atoms with E-state index < -0.39 is 0 Å². The van der Waals surface area contributed by atoms with Gasteiger partial charge in [0.05, 0.1) is 22.1 Å². The molecule has 5 heteroatoms. The van der Waals surface area contributed by atoms with Gasteiger partial charge in [-0.05, 0) is 123 Å². The second-order valence-electron chi connectivity index (χ2n) is 21.1. The maximum atomic E-state index is 5.39. The minimum absolute atomic E-state index is 0.0222. The van der Waals surface area contributed by atoms with Gasteiger partial charge in [0, 0.05) is 38.7 Å². The first kappa shape index (κ1) is 42.9. The van der Waals surface area contributed by atoms with Crippen molar-refractivity contribution in [2.75, 3.05) is 0 Å². The molecule has 0 fully saturated rings. The lowest BCUT2D eigenvalue weighted by molar-refractivity contribution is 0.234. The van der Waals surface area contributed by atoms with Crippen molar-refractivity contribution in [3.63, 3.8) is 0 Å². The van der Waals surface area contributed by atoms with Crippen molar-refractivity contribution < 1.29 is 0 Å². The molecule has 2 aliphatic rings. The molecule has 2 atom stereocenters. The molecule has 71 heavy (non-hydrogen) atoms. The van der Waals surface area contributed by atoms with Gasteiger partial charge in [-0.3, -0.25) is 4.57 Å². The van der Waals surface area contributed by atoms with Crippen LogP contribution in [0.25, 0.3) is 100 Å². The molecule has 0 radical (unpaired) electrons. The number of fused-ring (bicyclic) bond motifs is 7. The van der Waals surface area contributed by atoms with E-state index in [0.717, 1.165) is 73.9 Å². The van der Waals surface area contributed by atoms with Crippen LogP contribution in [0, 0.1) is 5.92 Å². The third kappa shape index (κ3) is 7.08. The molecule has 8 aromatic carbocycles. The molecule has 11 aromatic rings. The summed E-state index contributed by atoms with van der Waals surface area (Å²) in [6.45, 7) is 12.1. The zero-order valence-corrected chi connectivity index (χ0v) is 40.9. The van der Waals surface area contributed by atoms with E-state index in [1.165, 1.54) is 44.2 Å². The molecular weight excluding hydrogens is 863 g/mol. The largest absolute Gasteiger partial charge is 0.309 e. The fourth-order valence-electron chi connectivity index (χ4n) is 12.1. The monoisotopic (exact) mass is 917 g/mol. The molecule has 0 amide bonds. The summed E-state index contributed by atoms with van der Waals surface area (Å²) in [6.07, 6.45) is 10.6. The Balaban J connectivity index is 0.989. The van der Waals surface area contributed by atoms with E-state index >= 15 is 0 Å². The average molecular weight is 918 g/mol. The van der Waals surface area contributed by atoms with Gasteiger partial charge >= 0.3 is 0 Å². The van der Waals surface area contributed by atoms with Gasteiger partial charge in [0.25, 0.3) is 0 Å². The van der Waals surface area contributed by atoms with Crippen molar-refractivity contribution in [3.05, 3.63) is 223 Å². The molecule has 5 nitrogen and oxygen atoms in total. The Labute approximate surface area is 415 Å². The predicted octanol–water partition coefficient (Wildman–Crippen LogP) is 16.9. The normalized spacial score (nSPS) is 17.1. The number of nitrogens with zero attached hydrogens (tertiary/aromatic N) is 5. The number of benzene rings is 8. The Morgan fingerprint density at radius 3 is 1.83 bits per heavy atom. The molecule has 0 N–H and O–H groups in total. The van der Waals surface area contributed by atoms with Crippen LogP contribution in [0.4, 0.5) is 0 Å². The number of para-hydroxylation sites is 2. The number of hydrogen-bond acceptors (Lipinski definition) is 3. The van der Waals surface area contributed by atoms with Crippen LogP contribution in [0.2, 0.25) is 0 Å². The quantitative estimate of drug-likeness (QED) is 0.160. The highest BCUT2D eigenvalue weighted by Gasteiger charge is 2.43. The van der Waals surface area contributed by atoms with Crippen LogP contribution in [0.5, 0.6) is 0 Å². The van der Waals surface area contributed by atoms with Crippen LogP contribution in [-0.2, 0) is 10.8 Å². The van der Waals surface area contributed by atoms with Crippen LogP contribution >= 0.6 is 0 Å². The van der Waals surface area contributed by atoms with Gasteiger partial charge in [0.2, 0.25) is 5.95 Å². The van der Waals surface area contributed by atoms with Crippen molar-refractivity contribution in [2.45, 2.75) is 64.2 Å². The molecule has 2 aliphatic carbocycles. The van der Waals surface area contributed by atoms with E-state index in [0.29, 0.717) is 17.7 Å². The first-order valence-corrected chi connectivity index (χ1v) is 25.2. The maximum absolute atomic E-state index is 5.39. The van der Waals surface area contributed by atoms with E-state index in [9.17, 15) is 0 Å². The lowest BCUT2D eigenvalue weighted by atomic mass is 9.57. The third-order valence-corrected chi connectivity index (χ3v) is 15.9. The van der Waals surface area contributed by atoms with Gasteiger partial charge in [0.15, 0.2) is 5.82 Å². The molecule has 0 aliphatic heterocycles. The minimum Gasteiger partial charge on any atom is -0.309 e. The zero-order chi connectivity index (χ0) is 48.0. The minimum atomic E-state index is 0.0222.